The van der Waals surface area contributed by atoms with Crippen molar-refractivity contribution in [2.45, 2.75) is 19.4 Å². The summed E-state index contributed by atoms with van der Waals surface area (Å²) in [6.07, 6.45) is 3.84. The van der Waals surface area contributed by atoms with Gasteiger partial charge in [0, 0.05) is 6.20 Å². The van der Waals surface area contributed by atoms with Crippen LogP contribution >= 0.6 is 0 Å². The lowest BCUT2D eigenvalue weighted by Gasteiger charge is -2.36. The summed E-state index contributed by atoms with van der Waals surface area (Å²) in [5, 5.41) is 2.74. The van der Waals surface area contributed by atoms with Gasteiger partial charge in [-0.2, -0.15) is 0 Å². The molecule has 4 heteroatoms. The van der Waals surface area contributed by atoms with Crippen molar-refractivity contribution < 1.29 is 9.59 Å². The van der Waals surface area contributed by atoms with Crippen LogP contribution in [0.15, 0.2) is 42.6 Å². The molecular weight excluding hydrogens is 228 g/mol. The highest BCUT2D eigenvalue weighted by atomic mass is 16.2. The maximum absolute atomic E-state index is 11.7. The molecular formula is C14H16N2O2. The Labute approximate surface area is 106 Å². The Bertz CT molecular complexity index is 468. The summed E-state index contributed by atoms with van der Waals surface area (Å²) < 4.78 is 0. The zero-order chi connectivity index (χ0) is 13.0. The van der Waals surface area contributed by atoms with Gasteiger partial charge in [0.25, 0.3) is 5.91 Å². The van der Waals surface area contributed by atoms with Gasteiger partial charge in [-0.3, -0.25) is 9.59 Å². The van der Waals surface area contributed by atoms with Crippen LogP contribution in [-0.2, 0) is 16.0 Å². The van der Waals surface area contributed by atoms with Gasteiger partial charge in [0.05, 0.1) is 13.0 Å². The molecule has 1 fully saturated rings. The molecule has 1 N–H and O–H groups in total. The van der Waals surface area contributed by atoms with Crippen LogP contribution in [0.25, 0.3) is 0 Å². The lowest BCUT2D eigenvalue weighted by atomic mass is 10.1. The Hall–Kier alpha value is -2.10. The minimum absolute atomic E-state index is 0.0467. The summed E-state index contributed by atoms with van der Waals surface area (Å²) in [6, 6.07) is 9.13. The number of carbonyl (C=O) groups excluding carboxylic acids is 2. The van der Waals surface area contributed by atoms with E-state index in [2.05, 4.69) is 5.32 Å². The van der Waals surface area contributed by atoms with Crippen molar-refractivity contribution in [3.63, 3.8) is 0 Å². The Morgan fingerprint density at radius 2 is 2.17 bits per heavy atom. The Morgan fingerprint density at radius 3 is 2.78 bits per heavy atom. The van der Waals surface area contributed by atoms with Crippen LogP contribution in [0.2, 0.25) is 0 Å². The fourth-order valence-electron chi connectivity index (χ4n) is 1.90. The fraction of sp³-hybridized carbons (Fsp3) is 0.286. The maximum Gasteiger partial charge on any atom is 0.251 e. The molecule has 0 aliphatic carbocycles. The molecule has 0 aromatic heterocycles. The quantitative estimate of drug-likeness (QED) is 0.806. The first-order chi connectivity index (χ1) is 8.70. The van der Waals surface area contributed by atoms with Gasteiger partial charge in [-0.25, -0.2) is 0 Å². The normalized spacial score (nSPS) is 18.8. The summed E-state index contributed by atoms with van der Waals surface area (Å²) in [6.45, 7) is 2.41. The van der Waals surface area contributed by atoms with Gasteiger partial charge < -0.3 is 10.2 Å². The molecule has 18 heavy (non-hydrogen) atoms. The van der Waals surface area contributed by atoms with Crippen molar-refractivity contribution in [1.29, 1.82) is 0 Å². The number of β-lactam (4-membered cyclic amide) rings is 1. The summed E-state index contributed by atoms with van der Waals surface area (Å²) in [5.74, 6) is -0.158. The van der Waals surface area contributed by atoms with Crippen molar-refractivity contribution in [1.82, 2.24) is 10.2 Å². The van der Waals surface area contributed by atoms with E-state index in [9.17, 15) is 9.59 Å². The van der Waals surface area contributed by atoms with Crippen LogP contribution < -0.4 is 5.32 Å². The average Bonchev–Trinajstić information content (AvgIpc) is 2.38. The number of hydrogen-bond acceptors (Lipinski definition) is 2. The molecule has 0 radical (unpaired) electrons. The zero-order valence-electron chi connectivity index (χ0n) is 10.3. The minimum atomic E-state index is -0.364. The molecule has 0 bridgehead atoms. The number of hydrogen-bond donors (Lipinski definition) is 1. The van der Waals surface area contributed by atoms with Gasteiger partial charge in [-0.15, -0.1) is 0 Å². The van der Waals surface area contributed by atoms with Gasteiger partial charge in [0.2, 0.25) is 5.91 Å². The maximum atomic E-state index is 11.7. The highest BCUT2D eigenvalue weighted by molar-refractivity contribution is 5.93. The van der Waals surface area contributed by atoms with Gasteiger partial charge in [-0.05, 0) is 12.5 Å². The van der Waals surface area contributed by atoms with Crippen LogP contribution in [0.3, 0.4) is 0 Å². The largest absolute Gasteiger partial charge is 0.342 e. The third-order valence-electron chi connectivity index (χ3n) is 2.83. The first kappa shape index (κ1) is 12.4. The molecule has 2 amide bonds. The van der Waals surface area contributed by atoms with Crippen LogP contribution in [0.4, 0.5) is 0 Å². The number of carbonyl (C=O) groups is 2. The van der Waals surface area contributed by atoms with Crippen molar-refractivity contribution in [3.8, 4) is 0 Å². The molecule has 94 valence electrons. The van der Waals surface area contributed by atoms with Crippen molar-refractivity contribution >= 4 is 11.8 Å². The smallest absolute Gasteiger partial charge is 0.251 e. The summed E-state index contributed by atoms with van der Waals surface area (Å²) in [5.41, 5.74) is 0.951. The van der Waals surface area contributed by atoms with E-state index in [0.717, 1.165) is 5.56 Å². The predicted octanol–water partition coefficient (Wildman–Crippen LogP) is 1.09. The predicted molar refractivity (Wildman–Crippen MR) is 68.6 cm³/mol. The zero-order valence-corrected chi connectivity index (χ0v) is 10.3. The third-order valence-corrected chi connectivity index (χ3v) is 2.83. The molecule has 1 heterocycles. The molecule has 0 unspecified atom stereocenters. The second-order valence-corrected chi connectivity index (χ2v) is 4.26. The average molecular weight is 244 g/mol. The van der Waals surface area contributed by atoms with E-state index in [0.29, 0.717) is 13.0 Å². The van der Waals surface area contributed by atoms with Crippen LogP contribution in [0, 0.1) is 0 Å². The molecule has 4 nitrogen and oxygen atoms in total. The van der Waals surface area contributed by atoms with E-state index in [1.807, 2.05) is 37.3 Å². The molecule has 1 saturated heterocycles. The third kappa shape index (κ3) is 2.77. The Morgan fingerprint density at radius 1 is 1.44 bits per heavy atom. The molecule has 1 atom stereocenters. The van der Waals surface area contributed by atoms with E-state index in [1.54, 1.807) is 17.2 Å². The van der Waals surface area contributed by atoms with E-state index in [1.165, 1.54) is 0 Å². The molecule has 1 aliphatic heterocycles. The SMILES string of the molecule is CC=CN1C[C@H](NC(=O)Cc2ccccc2)C1=O. The molecule has 2 rings (SSSR count). The second kappa shape index (κ2) is 5.49. The first-order valence-electron chi connectivity index (χ1n) is 5.97. The number of allylic oxidation sites excluding steroid dienone is 1. The summed E-state index contributed by atoms with van der Waals surface area (Å²) >= 11 is 0. The van der Waals surface area contributed by atoms with Crippen LogP contribution in [0.1, 0.15) is 12.5 Å². The molecule has 0 saturated carbocycles. The standard InChI is InChI=1S/C14H16N2O2/c1-2-8-16-10-12(14(16)18)15-13(17)9-11-6-4-3-5-7-11/h2-8,12H,9-10H2,1H3,(H,15,17)/t12-/m0/s1. The highest BCUT2D eigenvalue weighted by Crippen LogP contribution is 2.11. The Balaban J connectivity index is 1.81. The highest BCUT2D eigenvalue weighted by Gasteiger charge is 2.35. The first-order valence-corrected chi connectivity index (χ1v) is 5.97. The van der Waals surface area contributed by atoms with Crippen molar-refractivity contribution in [2.75, 3.05) is 6.54 Å². The van der Waals surface area contributed by atoms with Gasteiger partial charge in [-0.1, -0.05) is 36.4 Å². The number of nitrogens with one attached hydrogen (secondary N) is 1. The van der Waals surface area contributed by atoms with Crippen molar-refractivity contribution in [2.24, 2.45) is 0 Å². The molecule has 1 aromatic rings. The van der Waals surface area contributed by atoms with Crippen LogP contribution in [0.5, 0.6) is 0 Å². The number of likely N-dealkylation sites (tertiary alicyclic amines) is 1. The lowest BCUT2D eigenvalue weighted by Crippen LogP contribution is -2.61. The Kier molecular flexibility index (Phi) is 3.77. The molecule has 0 spiro atoms. The fourth-order valence-corrected chi connectivity index (χ4v) is 1.90. The van der Waals surface area contributed by atoms with E-state index in [4.69, 9.17) is 0 Å². The van der Waals surface area contributed by atoms with Gasteiger partial charge in [0.15, 0.2) is 0 Å². The van der Waals surface area contributed by atoms with E-state index < -0.39 is 0 Å². The summed E-state index contributed by atoms with van der Waals surface area (Å²) in [4.78, 5) is 24.9. The number of nitrogens with zero attached hydrogens (tertiary/aromatic N) is 1. The van der Waals surface area contributed by atoms with Crippen molar-refractivity contribution in [3.05, 3.63) is 48.2 Å². The van der Waals surface area contributed by atoms with Crippen LogP contribution in [-0.4, -0.2) is 29.3 Å². The van der Waals surface area contributed by atoms with Gasteiger partial charge >= 0.3 is 0 Å². The van der Waals surface area contributed by atoms with E-state index >= 15 is 0 Å². The molecule has 1 aliphatic rings. The monoisotopic (exact) mass is 244 g/mol. The number of rotatable bonds is 4. The minimum Gasteiger partial charge on any atom is -0.342 e. The molecule has 1 aromatic carbocycles. The lowest BCUT2D eigenvalue weighted by molar-refractivity contribution is -0.142. The van der Waals surface area contributed by atoms with Gasteiger partial charge in [0.1, 0.15) is 6.04 Å². The van der Waals surface area contributed by atoms with E-state index in [-0.39, 0.29) is 17.9 Å². The topological polar surface area (TPSA) is 49.4 Å². The number of benzene rings is 1. The summed E-state index contributed by atoms with van der Waals surface area (Å²) in [7, 11) is 0. The number of amides is 2. The second-order valence-electron chi connectivity index (χ2n) is 4.26.